The van der Waals surface area contributed by atoms with Crippen LogP contribution >= 0.6 is 0 Å². The lowest BCUT2D eigenvalue weighted by atomic mass is 9.86. The standard InChI is InChI=1S/C18H29N/c1-14(2)13-18(16-7-5-4-6-8-16)19-17-11-9-15(3)10-12-17/h4-8,14-15,17-19H,9-13H2,1-3H3. The first-order chi connectivity index (χ1) is 9.15. The van der Waals surface area contributed by atoms with E-state index in [9.17, 15) is 0 Å². The van der Waals surface area contributed by atoms with Gasteiger partial charge in [0.2, 0.25) is 0 Å². The molecular formula is C18H29N. The Morgan fingerprint density at radius 2 is 1.68 bits per heavy atom. The van der Waals surface area contributed by atoms with E-state index in [0.717, 1.165) is 17.9 Å². The van der Waals surface area contributed by atoms with Gasteiger partial charge in [-0.3, -0.25) is 0 Å². The number of hydrogen-bond acceptors (Lipinski definition) is 1. The lowest BCUT2D eigenvalue weighted by molar-refractivity contribution is 0.274. The van der Waals surface area contributed by atoms with Gasteiger partial charge >= 0.3 is 0 Å². The molecule has 2 rings (SSSR count). The molecule has 1 heteroatoms. The van der Waals surface area contributed by atoms with Crippen LogP contribution in [0.5, 0.6) is 0 Å². The summed E-state index contributed by atoms with van der Waals surface area (Å²) in [5.41, 5.74) is 1.45. The van der Waals surface area contributed by atoms with Crippen molar-refractivity contribution in [3.63, 3.8) is 0 Å². The largest absolute Gasteiger partial charge is 0.307 e. The first-order valence-corrected chi connectivity index (χ1v) is 7.96. The van der Waals surface area contributed by atoms with Gasteiger partial charge in [-0.15, -0.1) is 0 Å². The Hall–Kier alpha value is -0.820. The summed E-state index contributed by atoms with van der Waals surface area (Å²) in [5, 5.41) is 3.92. The van der Waals surface area contributed by atoms with E-state index in [2.05, 4.69) is 56.4 Å². The monoisotopic (exact) mass is 259 g/mol. The van der Waals surface area contributed by atoms with E-state index in [4.69, 9.17) is 0 Å². The molecule has 1 saturated carbocycles. The maximum atomic E-state index is 3.92. The zero-order valence-corrected chi connectivity index (χ0v) is 12.7. The Morgan fingerprint density at radius 3 is 2.26 bits per heavy atom. The van der Waals surface area contributed by atoms with Gasteiger partial charge in [0.25, 0.3) is 0 Å². The van der Waals surface area contributed by atoms with Crippen molar-refractivity contribution in [1.29, 1.82) is 0 Å². The molecule has 1 atom stereocenters. The summed E-state index contributed by atoms with van der Waals surface area (Å²) < 4.78 is 0. The van der Waals surface area contributed by atoms with Crippen molar-refractivity contribution in [2.45, 2.75) is 65.0 Å². The van der Waals surface area contributed by atoms with E-state index in [1.54, 1.807) is 0 Å². The first-order valence-electron chi connectivity index (χ1n) is 7.96. The minimum absolute atomic E-state index is 0.527. The van der Waals surface area contributed by atoms with Crippen LogP contribution in [0, 0.1) is 11.8 Å². The molecule has 0 heterocycles. The summed E-state index contributed by atoms with van der Waals surface area (Å²) in [5.74, 6) is 1.67. The van der Waals surface area contributed by atoms with Crippen molar-refractivity contribution in [3.05, 3.63) is 35.9 Å². The number of nitrogens with one attached hydrogen (secondary N) is 1. The van der Waals surface area contributed by atoms with Gasteiger partial charge in [0.15, 0.2) is 0 Å². The number of benzene rings is 1. The predicted octanol–water partition coefficient (Wildman–Crippen LogP) is 4.94. The fourth-order valence-corrected chi connectivity index (χ4v) is 3.17. The zero-order valence-electron chi connectivity index (χ0n) is 12.7. The van der Waals surface area contributed by atoms with Gasteiger partial charge in [0.05, 0.1) is 0 Å². The van der Waals surface area contributed by atoms with Gasteiger partial charge in [-0.25, -0.2) is 0 Å². The molecule has 1 N–H and O–H groups in total. The molecule has 19 heavy (non-hydrogen) atoms. The second kappa shape index (κ2) is 7.09. The summed E-state index contributed by atoms with van der Waals surface area (Å²) >= 11 is 0. The molecule has 0 aromatic heterocycles. The third-order valence-corrected chi connectivity index (χ3v) is 4.36. The maximum Gasteiger partial charge on any atom is 0.0325 e. The van der Waals surface area contributed by atoms with Crippen LogP contribution in [0.4, 0.5) is 0 Å². The van der Waals surface area contributed by atoms with Gasteiger partial charge in [0.1, 0.15) is 0 Å². The van der Waals surface area contributed by atoms with Crippen LogP contribution in [0.15, 0.2) is 30.3 Å². The van der Waals surface area contributed by atoms with E-state index in [0.29, 0.717) is 6.04 Å². The Balaban J connectivity index is 1.98. The van der Waals surface area contributed by atoms with E-state index in [1.165, 1.54) is 37.7 Å². The van der Waals surface area contributed by atoms with Crippen molar-refractivity contribution >= 4 is 0 Å². The van der Waals surface area contributed by atoms with Crippen LogP contribution < -0.4 is 5.32 Å². The summed E-state index contributed by atoms with van der Waals surface area (Å²) in [4.78, 5) is 0. The molecule has 1 aliphatic carbocycles. The highest BCUT2D eigenvalue weighted by atomic mass is 15.0. The zero-order chi connectivity index (χ0) is 13.7. The highest BCUT2D eigenvalue weighted by Crippen LogP contribution is 2.28. The Bertz CT molecular complexity index is 349. The van der Waals surface area contributed by atoms with Gasteiger partial charge in [-0.2, -0.15) is 0 Å². The molecule has 0 radical (unpaired) electrons. The lowest BCUT2D eigenvalue weighted by Crippen LogP contribution is -2.36. The van der Waals surface area contributed by atoms with Crippen LogP contribution in [0.2, 0.25) is 0 Å². The van der Waals surface area contributed by atoms with Gasteiger partial charge in [-0.05, 0) is 49.5 Å². The van der Waals surface area contributed by atoms with Crippen molar-refractivity contribution in [3.8, 4) is 0 Å². The summed E-state index contributed by atoms with van der Waals surface area (Å²) in [6.07, 6.45) is 6.71. The summed E-state index contributed by atoms with van der Waals surface area (Å²) in [6, 6.07) is 12.2. The fourth-order valence-electron chi connectivity index (χ4n) is 3.17. The van der Waals surface area contributed by atoms with Crippen molar-refractivity contribution in [2.75, 3.05) is 0 Å². The predicted molar refractivity (Wildman–Crippen MR) is 83.2 cm³/mol. The highest BCUT2D eigenvalue weighted by molar-refractivity contribution is 5.19. The molecular weight excluding hydrogens is 230 g/mol. The average Bonchev–Trinajstić information content (AvgIpc) is 2.41. The minimum atomic E-state index is 0.527. The molecule has 0 amide bonds. The third-order valence-electron chi connectivity index (χ3n) is 4.36. The molecule has 0 aliphatic heterocycles. The van der Waals surface area contributed by atoms with Crippen LogP contribution in [0.25, 0.3) is 0 Å². The molecule has 1 fully saturated rings. The molecule has 1 aliphatic rings. The Morgan fingerprint density at radius 1 is 1.05 bits per heavy atom. The number of hydrogen-bond donors (Lipinski definition) is 1. The van der Waals surface area contributed by atoms with E-state index in [-0.39, 0.29) is 0 Å². The Kier molecular flexibility index (Phi) is 5.45. The molecule has 0 bridgehead atoms. The van der Waals surface area contributed by atoms with E-state index < -0.39 is 0 Å². The summed E-state index contributed by atoms with van der Waals surface area (Å²) in [7, 11) is 0. The van der Waals surface area contributed by atoms with Crippen LogP contribution in [-0.4, -0.2) is 6.04 Å². The van der Waals surface area contributed by atoms with Crippen LogP contribution in [-0.2, 0) is 0 Å². The quantitative estimate of drug-likeness (QED) is 0.789. The lowest BCUT2D eigenvalue weighted by Gasteiger charge is -2.32. The fraction of sp³-hybridized carbons (Fsp3) is 0.667. The van der Waals surface area contributed by atoms with Crippen LogP contribution in [0.1, 0.15) is 64.5 Å². The van der Waals surface area contributed by atoms with Crippen molar-refractivity contribution < 1.29 is 0 Å². The first kappa shape index (κ1) is 14.6. The van der Waals surface area contributed by atoms with Gasteiger partial charge < -0.3 is 5.32 Å². The smallest absolute Gasteiger partial charge is 0.0325 e. The van der Waals surface area contributed by atoms with Gasteiger partial charge in [0, 0.05) is 12.1 Å². The highest BCUT2D eigenvalue weighted by Gasteiger charge is 2.22. The molecule has 1 aromatic carbocycles. The van der Waals surface area contributed by atoms with Crippen molar-refractivity contribution in [2.24, 2.45) is 11.8 Å². The molecule has 1 aromatic rings. The van der Waals surface area contributed by atoms with E-state index >= 15 is 0 Å². The normalized spacial score (nSPS) is 25.5. The molecule has 1 unspecified atom stereocenters. The third kappa shape index (κ3) is 4.65. The average molecular weight is 259 g/mol. The topological polar surface area (TPSA) is 12.0 Å². The minimum Gasteiger partial charge on any atom is -0.307 e. The molecule has 0 saturated heterocycles. The summed E-state index contributed by atoms with van der Waals surface area (Å²) in [6.45, 7) is 7.03. The SMILES string of the molecule is CC(C)CC(NC1CCC(C)CC1)c1ccccc1. The molecule has 1 nitrogen and oxygen atoms in total. The second-order valence-corrected chi connectivity index (χ2v) is 6.72. The second-order valence-electron chi connectivity index (χ2n) is 6.72. The van der Waals surface area contributed by atoms with Crippen molar-refractivity contribution in [1.82, 2.24) is 5.32 Å². The maximum absolute atomic E-state index is 3.92. The van der Waals surface area contributed by atoms with Gasteiger partial charge in [-0.1, -0.05) is 51.1 Å². The molecule has 106 valence electrons. The number of rotatable bonds is 5. The Labute approximate surface area is 118 Å². The molecule has 0 spiro atoms. The van der Waals surface area contributed by atoms with Crippen LogP contribution in [0.3, 0.4) is 0 Å². The van der Waals surface area contributed by atoms with E-state index in [1.807, 2.05) is 0 Å².